The summed E-state index contributed by atoms with van der Waals surface area (Å²) in [4.78, 5) is 14.0. The number of hydrogen-bond acceptors (Lipinski definition) is 1. The Morgan fingerprint density at radius 3 is 2.67 bits per heavy atom. The first kappa shape index (κ1) is 12.8. The number of carbonyl (C=O) groups is 1. The number of halogens is 1. The van der Waals surface area contributed by atoms with Crippen LogP contribution in [0.1, 0.15) is 25.8 Å². The van der Waals surface area contributed by atoms with Crippen LogP contribution < -0.4 is 0 Å². The fraction of sp³-hybridized carbons (Fsp3) is 0.400. The van der Waals surface area contributed by atoms with Crippen molar-refractivity contribution in [3.05, 3.63) is 47.3 Å². The molecule has 1 amide bonds. The van der Waals surface area contributed by atoms with Crippen molar-refractivity contribution in [2.24, 2.45) is 5.92 Å². The molecule has 3 heteroatoms. The summed E-state index contributed by atoms with van der Waals surface area (Å²) in [5.74, 6) is 0.348. The molecule has 0 N–H and O–H groups in total. The smallest absolute Gasteiger partial charge is 0.249 e. The van der Waals surface area contributed by atoms with Crippen molar-refractivity contribution in [1.82, 2.24) is 4.90 Å². The maximum absolute atomic E-state index is 12.8. The van der Waals surface area contributed by atoms with Crippen molar-refractivity contribution in [3.8, 4) is 0 Å². The van der Waals surface area contributed by atoms with Gasteiger partial charge in [-0.2, -0.15) is 0 Å². The van der Waals surface area contributed by atoms with Crippen molar-refractivity contribution < 1.29 is 9.18 Å². The summed E-state index contributed by atoms with van der Waals surface area (Å²) in [6, 6.07) is 6.34. The van der Waals surface area contributed by atoms with Crippen LogP contribution in [-0.4, -0.2) is 17.4 Å². The van der Waals surface area contributed by atoms with Gasteiger partial charge in [-0.15, -0.1) is 0 Å². The van der Waals surface area contributed by atoms with E-state index in [2.05, 4.69) is 6.92 Å². The summed E-state index contributed by atoms with van der Waals surface area (Å²) < 4.78 is 12.8. The van der Waals surface area contributed by atoms with Crippen LogP contribution >= 0.6 is 0 Å². The summed E-state index contributed by atoms with van der Waals surface area (Å²) in [6.07, 6.45) is 2.75. The molecule has 1 aliphatic rings. The Morgan fingerprint density at radius 1 is 1.39 bits per heavy atom. The van der Waals surface area contributed by atoms with Gasteiger partial charge in [0.25, 0.3) is 0 Å². The molecule has 2 nitrogen and oxygen atoms in total. The fourth-order valence-electron chi connectivity index (χ4n) is 2.38. The van der Waals surface area contributed by atoms with Gasteiger partial charge in [0.2, 0.25) is 5.91 Å². The minimum atomic E-state index is -0.244. The molecule has 0 aromatic heterocycles. The summed E-state index contributed by atoms with van der Waals surface area (Å²) in [5.41, 5.74) is 1.85. The molecule has 1 atom stereocenters. The molecule has 96 valence electrons. The lowest BCUT2D eigenvalue weighted by molar-refractivity contribution is -0.130. The highest BCUT2D eigenvalue weighted by atomic mass is 19.1. The Hall–Kier alpha value is -1.64. The molecule has 1 aromatic carbocycles. The number of hydrogen-bond donors (Lipinski definition) is 0. The zero-order chi connectivity index (χ0) is 13.1. The van der Waals surface area contributed by atoms with Crippen LogP contribution in [0.5, 0.6) is 0 Å². The lowest BCUT2D eigenvalue weighted by atomic mass is 9.94. The first-order valence-corrected chi connectivity index (χ1v) is 6.29. The van der Waals surface area contributed by atoms with Gasteiger partial charge in [-0.1, -0.05) is 25.1 Å². The van der Waals surface area contributed by atoms with E-state index in [4.69, 9.17) is 0 Å². The van der Waals surface area contributed by atoms with Gasteiger partial charge in [-0.25, -0.2) is 4.39 Å². The Bertz CT molecular complexity index is 464. The molecule has 18 heavy (non-hydrogen) atoms. The molecule has 0 saturated carbocycles. The topological polar surface area (TPSA) is 20.3 Å². The molecule has 1 aromatic rings. The number of nitrogens with zero attached hydrogens (tertiary/aromatic N) is 1. The predicted octanol–water partition coefficient (Wildman–Crippen LogP) is 3.14. The highest BCUT2D eigenvalue weighted by molar-refractivity contribution is 5.94. The lowest BCUT2D eigenvalue weighted by Crippen LogP contribution is -2.40. The number of rotatable bonds is 2. The van der Waals surface area contributed by atoms with Crippen LogP contribution in [0.3, 0.4) is 0 Å². The molecule has 2 rings (SSSR count). The van der Waals surface area contributed by atoms with Gasteiger partial charge < -0.3 is 4.90 Å². The molecule has 1 aliphatic heterocycles. The van der Waals surface area contributed by atoms with E-state index in [9.17, 15) is 9.18 Å². The van der Waals surface area contributed by atoms with Crippen molar-refractivity contribution in [2.75, 3.05) is 6.54 Å². The summed E-state index contributed by atoms with van der Waals surface area (Å²) in [6.45, 7) is 5.38. The number of allylic oxidation sites excluding steroid dienone is 1. The van der Waals surface area contributed by atoms with Crippen LogP contribution in [-0.2, 0) is 11.3 Å². The van der Waals surface area contributed by atoms with E-state index in [0.29, 0.717) is 12.5 Å². The normalized spacial score (nSPS) is 22.6. The van der Waals surface area contributed by atoms with Gasteiger partial charge in [0.05, 0.1) is 0 Å². The van der Waals surface area contributed by atoms with E-state index in [1.165, 1.54) is 12.1 Å². The maximum Gasteiger partial charge on any atom is 0.249 e. The van der Waals surface area contributed by atoms with Crippen LogP contribution in [0.4, 0.5) is 4.39 Å². The van der Waals surface area contributed by atoms with Gasteiger partial charge in [0.1, 0.15) is 5.82 Å². The Kier molecular flexibility index (Phi) is 3.80. The molecule has 1 heterocycles. The Balaban J connectivity index is 2.12. The average Bonchev–Trinajstić information content (AvgIpc) is 2.36. The fourth-order valence-corrected chi connectivity index (χ4v) is 2.38. The highest BCUT2D eigenvalue weighted by Gasteiger charge is 2.26. The maximum atomic E-state index is 12.8. The number of benzene rings is 1. The van der Waals surface area contributed by atoms with E-state index in [0.717, 1.165) is 24.1 Å². The molecule has 1 fully saturated rings. The third kappa shape index (κ3) is 2.78. The number of piperidine rings is 1. The van der Waals surface area contributed by atoms with Crippen LogP contribution in [0.2, 0.25) is 0 Å². The van der Waals surface area contributed by atoms with Crippen LogP contribution in [0, 0.1) is 11.7 Å². The van der Waals surface area contributed by atoms with E-state index in [1.807, 2.05) is 17.9 Å². The number of amides is 1. The van der Waals surface area contributed by atoms with E-state index < -0.39 is 0 Å². The predicted molar refractivity (Wildman–Crippen MR) is 69.4 cm³/mol. The molecule has 0 aliphatic carbocycles. The Labute approximate surface area is 107 Å². The summed E-state index contributed by atoms with van der Waals surface area (Å²) >= 11 is 0. The van der Waals surface area contributed by atoms with Crippen LogP contribution in [0.25, 0.3) is 0 Å². The molecule has 1 saturated heterocycles. The zero-order valence-corrected chi connectivity index (χ0v) is 10.8. The standard InChI is InChI=1S/C15H18FNO/c1-3-13-8-11(2)9-17(15(13)18)10-12-4-6-14(16)7-5-12/h3-7,11H,8-10H2,1-2H3/b13-3+. The molecule has 0 spiro atoms. The second-order valence-corrected chi connectivity index (χ2v) is 4.94. The van der Waals surface area contributed by atoms with Gasteiger partial charge in [0, 0.05) is 18.7 Å². The highest BCUT2D eigenvalue weighted by Crippen LogP contribution is 2.23. The molecule has 0 bridgehead atoms. The molecular weight excluding hydrogens is 229 g/mol. The molecule has 1 unspecified atom stereocenters. The third-order valence-electron chi connectivity index (χ3n) is 3.30. The van der Waals surface area contributed by atoms with Crippen molar-refractivity contribution in [2.45, 2.75) is 26.8 Å². The van der Waals surface area contributed by atoms with Crippen molar-refractivity contribution >= 4 is 5.91 Å². The number of carbonyl (C=O) groups excluding carboxylic acids is 1. The minimum Gasteiger partial charge on any atom is -0.334 e. The summed E-state index contributed by atoms with van der Waals surface area (Å²) in [5, 5.41) is 0. The second kappa shape index (κ2) is 5.34. The quantitative estimate of drug-likeness (QED) is 0.735. The second-order valence-electron chi connectivity index (χ2n) is 4.94. The van der Waals surface area contributed by atoms with Gasteiger partial charge in [0.15, 0.2) is 0 Å². The van der Waals surface area contributed by atoms with Crippen molar-refractivity contribution in [3.63, 3.8) is 0 Å². The molecular formula is C15H18FNO. The van der Waals surface area contributed by atoms with Crippen LogP contribution in [0.15, 0.2) is 35.9 Å². The monoisotopic (exact) mass is 247 g/mol. The third-order valence-corrected chi connectivity index (χ3v) is 3.30. The van der Waals surface area contributed by atoms with E-state index in [-0.39, 0.29) is 11.7 Å². The first-order chi connectivity index (χ1) is 8.60. The lowest BCUT2D eigenvalue weighted by Gasteiger charge is -2.32. The van der Waals surface area contributed by atoms with Gasteiger partial charge in [-0.3, -0.25) is 4.79 Å². The largest absolute Gasteiger partial charge is 0.334 e. The first-order valence-electron chi connectivity index (χ1n) is 6.29. The number of likely N-dealkylation sites (tertiary alicyclic amines) is 1. The van der Waals surface area contributed by atoms with E-state index >= 15 is 0 Å². The molecule has 0 radical (unpaired) electrons. The minimum absolute atomic E-state index is 0.111. The SMILES string of the molecule is C/C=C1\CC(C)CN(Cc2ccc(F)cc2)C1=O. The van der Waals surface area contributed by atoms with Crippen molar-refractivity contribution in [1.29, 1.82) is 0 Å². The zero-order valence-electron chi connectivity index (χ0n) is 10.8. The van der Waals surface area contributed by atoms with E-state index in [1.54, 1.807) is 12.1 Å². The van der Waals surface area contributed by atoms with Gasteiger partial charge in [-0.05, 0) is 37.0 Å². The summed E-state index contributed by atoms with van der Waals surface area (Å²) in [7, 11) is 0. The Morgan fingerprint density at radius 2 is 2.06 bits per heavy atom. The average molecular weight is 247 g/mol. The van der Waals surface area contributed by atoms with Gasteiger partial charge >= 0.3 is 0 Å².